The minimum Gasteiger partial charge on any atom is -0.497 e. The van der Waals surface area contributed by atoms with Crippen LogP contribution in [0.1, 0.15) is 5.56 Å². The van der Waals surface area contributed by atoms with Gasteiger partial charge in [-0.2, -0.15) is 4.98 Å². The average molecular weight is 550 g/mol. The van der Waals surface area contributed by atoms with Crippen LogP contribution in [0.15, 0.2) is 77.9 Å². The molecule has 0 amide bonds. The molecule has 0 atom stereocenters. The molecule has 1 N–H and O–H groups in total. The minimum atomic E-state index is 0.280. The summed E-state index contributed by atoms with van der Waals surface area (Å²) in [4.78, 5) is 15.9. The van der Waals surface area contributed by atoms with Gasteiger partial charge in [0, 0.05) is 40.7 Å². The fourth-order valence-electron chi connectivity index (χ4n) is 3.84. The Balaban J connectivity index is 1.39. The third-order valence-electron chi connectivity index (χ3n) is 5.75. The summed E-state index contributed by atoms with van der Waals surface area (Å²) in [5.74, 6) is 1.95. The Hall–Kier alpha value is -3.85. The average Bonchev–Trinajstić information content (AvgIpc) is 2.93. The third-order valence-corrected chi connectivity index (χ3v) is 6.18. The van der Waals surface area contributed by atoms with Crippen LogP contribution >= 0.6 is 23.2 Å². The van der Waals surface area contributed by atoms with Crippen LogP contribution in [0.3, 0.4) is 0 Å². The number of aromatic nitrogens is 2. The van der Waals surface area contributed by atoms with E-state index < -0.39 is 0 Å². The summed E-state index contributed by atoms with van der Waals surface area (Å²) in [6, 6.07) is 20.5. The summed E-state index contributed by atoms with van der Waals surface area (Å²) in [5.41, 5.74) is 3.17. The molecule has 1 aliphatic rings. The van der Waals surface area contributed by atoms with Gasteiger partial charge in [0.15, 0.2) is 0 Å². The van der Waals surface area contributed by atoms with E-state index in [1.165, 1.54) is 0 Å². The second kappa shape index (κ2) is 12.1. The first-order valence-electron chi connectivity index (χ1n) is 11.9. The topological polar surface area (TPSA) is 81.1 Å². The van der Waals surface area contributed by atoms with E-state index in [1.54, 1.807) is 49.9 Å². The van der Waals surface area contributed by atoms with Crippen molar-refractivity contribution in [3.8, 4) is 17.4 Å². The first kappa shape index (κ1) is 25.8. The van der Waals surface area contributed by atoms with Gasteiger partial charge in [0.2, 0.25) is 11.8 Å². The molecule has 1 aromatic heterocycles. The van der Waals surface area contributed by atoms with Gasteiger partial charge in [0.1, 0.15) is 17.2 Å². The van der Waals surface area contributed by atoms with Crippen molar-refractivity contribution in [3.63, 3.8) is 0 Å². The number of hydrogen-bond donors (Lipinski definition) is 1. The number of morpholine rings is 1. The number of nitrogens with zero attached hydrogens (tertiary/aromatic N) is 4. The van der Waals surface area contributed by atoms with Crippen molar-refractivity contribution in [2.45, 2.75) is 0 Å². The summed E-state index contributed by atoms with van der Waals surface area (Å²) >= 11 is 12.2. The number of benzene rings is 3. The summed E-state index contributed by atoms with van der Waals surface area (Å²) in [5, 5.41) is 4.28. The van der Waals surface area contributed by atoms with E-state index >= 15 is 0 Å². The van der Waals surface area contributed by atoms with Crippen LogP contribution < -0.4 is 19.7 Å². The zero-order valence-corrected chi connectivity index (χ0v) is 22.1. The summed E-state index contributed by atoms with van der Waals surface area (Å²) in [6.07, 6.45) is 3.23. The molecule has 38 heavy (non-hydrogen) atoms. The molecule has 2 heterocycles. The Morgan fingerprint density at radius 3 is 2.32 bits per heavy atom. The number of rotatable bonds is 8. The summed E-state index contributed by atoms with van der Waals surface area (Å²) in [6.45, 7) is 3.24. The van der Waals surface area contributed by atoms with Crippen LogP contribution in [0, 0.1) is 0 Å². The molecule has 194 valence electrons. The van der Waals surface area contributed by atoms with E-state index in [2.05, 4.69) is 37.3 Å². The Morgan fingerprint density at radius 2 is 1.63 bits per heavy atom. The molecule has 10 heteroatoms. The number of methoxy groups -OCH3 is 1. The van der Waals surface area contributed by atoms with Crippen molar-refractivity contribution in [1.82, 2.24) is 9.97 Å². The SMILES string of the molecule is COc1ccc(Oc2nc(Nc3ccc(N4CCOCC4)cc3)ncc2N=Cc2cc(Cl)cc(Cl)c2)cc1. The molecule has 0 radical (unpaired) electrons. The van der Waals surface area contributed by atoms with Crippen LogP contribution in [0.25, 0.3) is 0 Å². The van der Waals surface area contributed by atoms with Gasteiger partial charge in [0.25, 0.3) is 0 Å². The Labute approximate surface area is 230 Å². The predicted octanol–water partition coefficient (Wildman–Crippen LogP) is 6.92. The molecular weight excluding hydrogens is 525 g/mol. The lowest BCUT2D eigenvalue weighted by Gasteiger charge is -2.28. The van der Waals surface area contributed by atoms with Gasteiger partial charge in [-0.25, -0.2) is 9.98 Å². The number of aliphatic imine (C=N–C) groups is 1. The first-order valence-corrected chi connectivity index (χ1v) is 12.7. The van der Waals surface area contributed by atoms with Crippen molar-refractivity contribution in [2.24, 2.45) is 4.99 Å². The number of anilines is 3. The highest BCUT2D eigenvalue weighted by molar-refractivity contribution is 6.35. The second-order valence-corrected chi connectivity index (χ2v) is 9.27. The molecule has 0 saturated carbocycles. The van der Waals surface area contributed by atoms with E-state index in [1.807, 2.05) is 24.3 Å². The Kier molecular flexibility index (Phi) is 8.23. The highest BCUT2D eigenvalue weighted by Gasteiger charge is 2.13. The van der Waals surface area contributed by atoms with Crippen LogP contribution in [-0.2, 0) is 4.74 Å². The van der Waals surface area contributed by atoms with E-state index in [0.29, 0.717) is 27.4 Å². The molecule has 0 spiro atoms. The number of halogens is 2. The fourth-order valence-corrected chi connectivity index (χ4v) is 4.38. The van der Waals surface area contributed by atoms with Crippen LogP contribution in [0.5, 0.6) is 17.4 Å². The van der Waals surface area contributed by atoms with Crippen molar-refractivity contribution in [1.29, 1.82) is 0 Å². The molecule has 1 saturated heterocycles. The van der Waals surface area contributed by atoms with Crippen LogP contribution in [0.4, 0.5) is 23.0 Å². The fraction of sp³-hybridized carbons (Fsp3) is 0.179. The molecule has 5 rings (SSSR count). The lowest BCUT2D eigenvalue weighted by molar-refractivity contribution is 0.122. The Morgan fingerprint density at radius 1 is 0.947 bits per heavy atom. The largest absolute Gasteiger partial charge is 0.497 e. The predicted molar refractivity (Wildman–Crippen MR) is 152 cm³/mol. The Bertz CT molecular complexity index is 1390. The van der Waals surface area contributed by atoms with Gasteiger partial charge in [-0.1, -0.05) is 23.2 Å². The van der Waals surface area contributed by atoms with E-state index in [0.717, 1.165) is 49.0 Å². The van der Waals surface area contributed by atoms with Gasteiger partial charge in [-0.05, 0) is 72.3 Å². The molecule has 1 fully saturated rings. The van der Waals surface area contributed by atoms with Gasteiger partial charge < -0.3 is 24.4 Å². The van der Waals surface area contributed by atoms with Gasteiger partial charge in [0.05, 0.1) is 26.5 Å². The first-order chi connectivity index (χ1) is 18.6. The van der Waals surface area contributed by atoms with Crippen molar-refractivity contribution in [3.05, 3.63) is 88.5 Å². The highest BCUT2D eigenvalue weighted by atomic mass is 35.5. The molecule has 8 nitrogen and oxygen atoms in total. The molecule has 0 unspecified atom stereocenters. The zero-order valence-electron chi connectivity index (χ0n) is 20.6. The number of nitrogens with one attached hydrogen (secondary N) is 1. The number of hydrogen-bond acceptors (Lipinski definition) is 8. The van der Waals surface area contributed by atoms with Crippen molar-refractivity contribution in [2.75, 3.05) is 43.6 Å². The molecular formula is C28H25Cl2N5O3. The molecule has 0 aliphatic carbocycles. The normalized spacial score (nSPS) is 13.5. The maximum atomic E-state index is 6.12. The van der Waals surface area contributed by atoms with Crippen LogP contribution in [-0.4, -0.2) is 49.6 Å². The lowest BCUT2D eigenvalue weighted by atomic mass is 10.2. The van der Waals surface area contributed by atoms with Gasteiger partial charge in [-0.15, -0.1) is 0 Å². The standard InChI is InChI=1S/C28H25Cl2N5O3/c1-36-24-6-8-25(9-7-24)38-27-26(31-17-19-14-20(29)16-21(30)15-19)18-32-28(34-27)33-22-2-4-23(5-3-22)35-10-12-37-13-11-35/h2-9,14-18H,10-13H2,1H3,(H,32,33,34). The summed E-state index contributed by atoms with van der Waals surface area (Å²) < 4.78 is 16.8. The van der Waals surface area contributed by atoms with E-state index in [4.69, 9.17) is 37.4 Å². The maximum Gasteiger partial charge on any atom is 0.250 e. The van der Waals surface area contributed by atoms with Gasteiger partial charge >= 0.3 is 0 Å². The minimum absolute atomic E-state index is 0.280. The quantitative estimate of drug-likeness (QED) is 0.239. The van der Waals surface area contributed by atoms with E-state index in [9.17, 15) is 0 Å². The zero-order chi connectivity index (χ0) is 26.3. The monoisotopic (exact) mass is 549 g/mol. The molecule has 3 aromatic carbocycles. The molecule has 0 bridgehead atoms. The second-order valence-electron chi connectivity index (χ2n) is 8.39. The van der Waals surface area contributed by atoms with Gasteiger partial charge in [-0.3, -0.25) is 0 Å². The highest BCUT2D eigenvalue weighted by Crippen LogP contribution is 2.32. The lowest BCUT2D eigenvalue weighted by Crippen LogP contribution is -2.36. The van der Waals surface area contributed by atoms with Crippen LogP contribution in [0.2, 0.25) is 10.0 Å². The maximum absolute atomic E-state index is 6.12. The van der Waals surface area contributed by atoms with E-state index in [-0.39, 0.29) is 5.88 Å². The smallest absolute Gasteiger partial charge is 0.250 e. The summed E-state index contributed by atoms with van der Waals surface area (Å²) in [7, 11) is 1.61. The molecule has 1 aliphatic heterocycles. The molecule has 4 aromatic rings. The van der Waals surface area contributed by atoms with Crippen molar-refractivity contribution >= 4 is 52.4 Å². The third kappa shape index (κ3) is 6.72. The number of ether oxygens (including phenoxy) is 3. The van der Waals surface area contributed by atoms with Crippen molar-refractivity contribution < 1.29 is 14.2 Å².